The molecule has 78 valence electrons. The summed E-state index contributed by atoms with van der Waals surface area (Å²) in [5, 5.41) is 3.43. The SMILES string of the molecule is C=C(C)CCNCCCCCSC. The molecule has 0 saturated heterocycles. The fourth-order valence-electron chi connectivity index (χ4n) is 1.10. The van der Waals surface area contributed by atoms with Crippen LogP contribution in [-0.4, -0.2) is 25.1 Å². The Morgan fingerprint density at radius 3 is 2.62 bits per heavy atom. The van der Waals surface area contributed by atoms with Gasteiger partial charge in [-0.25, -0.2) is 0 Å². The van der Waals surface area contributed by atoms with Crippen molar-refractivity contribution < 1.29 is 0 Å². The highest BCUT2D eigenvalue weighted by atomic mass is 32.2. The van der Waals surface area contributed by atoms with Crippen LogP contribution in [0.3, 0.4) is 0 Å². The highest BCUT2D eigenvalue weighted by Crippen LogP contribution is 2.01. The fraction of sp³-hybridized carbons (Fsp3) is 0.818. The zero-order valence-electron chi connectivity index (χ0n) is 9.07. The van der Waals surface area contributed by atoms with Crippen LogP contribution in [0.4, 0.5) is 0 Å². The van der Waals surface area contributed by atoms with Crippen LogP contribution in [0.5, 0.6) is 0 Å². The summed E-state index contributed by atoms with van der Waals surface area (Å²) in [6.45, 7) is 8.22. The van der Waals surface area contributed by atoms with E-state index in [9.17, 15) is 0 Å². The fourth-order valence-corrected chi connectivity index (χ4v) is 1.59. The normalized spacial score (nSPS) is 10.3. The van der Waals surface area contributed by atoms with Crippen LogP contribution in [0.25, 0.3) is 0 Å². The van der Waals surface area contributed by atoms with Gasteiger partial charge >= 0.3 is 0 Å². The van der Waals surface area contributed by atoms with Gasteiger partial charge in [0.2, 0.25) is 0 Å². The Morgan fingerprint density at radius 2 is 2.00 bits per heavy atom. The van der Waals surface area contributed by atoms with Crippen LogP contribution in [-0.2, 0) is 0 Å². The molecule has 0 rings (SSSR count). The molecule has 0 aromatic carbocycles. The first kappa shape index (κ1) is 13.1. The van der Waals surface area contributed by atoms with Gasteiger partial charge in [-0.05, 0) is 51.3 Å². The molecular formula is C11H23NS. The Morgan fingerprint density at radius 1 is 1.23 bits per heavy atom. The van der Waals surface area contributed by atoms with Crippen molar-refractivity contribution in [3.05, 3.63) is 12.2 Å². The van der Waals surface area contributed by atoms with Gasteiger partial charge in [-0.2, -0.15) is 11.8 Å². The second kappa shape index (κ2) is 10.1. The molecule has 0 aromatic rings. The Labute approximate surface area is 87.4 Å². The lowest BCUT2D eigenvalue weighted by atomic mass is 10.2. The van der Waals surface area contributed by atoms with Crippen LogP contribution in [0.1, 0.15) is 32.6 Å². The lowest BCUT2D eigenvalue weighted by Gasteiger charge is -2.03. The number of hydrogen-bond donors (Lipinski definition) is 1. The summed E-state index contributed by atoms with van der Waals surface area (Å²) < 4.78 is 0. The topological polar surface area (TPSA) is 12.0 Å². The summed E-state index contributed by atoms with van der Waals surface area (Å²) in [6, 6.07) is 0. The molecule has 0 radical (unpaired) electrons. The minimum atomic E-state index is 1.10. The van der Waals surface area contributed by atoms with Crippen molar-refractivity contribution in [2.75, 3.05) is 25.1 Å². The van der Waals surface area contributed by atoms with Gasteiger partial charge in [0.25, 0.3) is 0 Å². The summed E-state index contributed by atoms with van der Waals surface area (Å²) in [6.07, 6.45) is 7.33. The summed E-state index contributed by atoms with van der Waals surface area (Å²) in [5.41, 5.74) is 1.27. The minimum absolute atomic E-state index is 1.10. The molecule has 0 aliphatic carbocycles. The molecule has 0 fully saturated rings. The maximum Gasteiger partial charge on any atom is -0.00118 e. The molecule has 0 heterocycles. The third-order valence-corrected chi connectivity index (χ3v) is 2.63. The first-order valence-electron chi connectivity index (χ1n) is 5.11. The van der Waals surface area contributed by atoms with Gasteiger partial charge in [0.1, 0.15) is 0 Å². The summed E-state index contributed by atoms with van der Waals surface area (Å²) in [4.78, 5) is 0. The zero-order chi connectivity index (χ0) is 9.94. The Hall–Kier alpha value is 0.0500. The van der Waals surface area contributed by atoms with E-state index in [0.29, 0.717) is 0 Å². The highest BCUT2D eigenvalue weighted by molar-refractivity contribution is 7.98. The average molecular weight is 201 g/mol. The molecular weight excluding hydrogens is 178 g/mol. The van der Waals surface area contributed by atoms with Crippen molar-refractivity contribution in [1.82, 2.24) is 5.32 Å². The molecule has 0 aromatic heterocycles. The average Bonchev–Trinajstić information content (AvgIpc) is 2.09. The highest BCUT2D eigenvalue weighted by Gasteiger charge is 1.90. The first-order chi connectivity index (χ1) is 6.27. The molecule has 0 atom stereocenters. The predicted molar refractivity (Wildman–Crippen MR) is 64.5 cm³/mol. The van der Waals surface area contributed by atoms with Gasteiger partial charge in [-0.15, -0.1) is 6.58 Å². The predicted octanol–water partition coefficient (Wildman–Crippen LogP) is 3.08. The van der Waals surface area contributed by atoms with E-state index in [1.54, 1.807) is 0 Å². The Kier molecular flexibility index (Phi) is 10.2. The molecule has 0 unspecified atom stereocenters. The molecule has 0 spiro atoms. The van der Waals surface area contributed by atoms with Gasteiger partial charge in [0.05, 0.1) is 0 Å². The van der Waals surface area contributed by atoms with Gasteiger partial charge < -0.3 is 5.32 Å². The number of rotatable bonds is 9. The third kappa shape index (κ3) is 12.1. The zero-order valence-corrected chi connectivity index (χ0v) is 9.88. The summed E-state index contributed by atoms with van der Waals surface area (Å²) in [5.74, 6) is 1.31. The van der Waals surface area contributed by atoms with Crippen LogP contribution in [0.2, 0.25) is 0 Å². The first-order valence-corrected chi connectivity index (χ1v) is 6.50. The molecule has 0 bridgehead atoms. The molecule has 0 saturated carbocycles. The van der Waals surface area contributed by atoms with Crippen molar-refractivity contribution in [3.8, 4) is 0 Å². The Balaban J connectivity index is 2.87. The molecule has 1 nitrogen and oxygen atoms in total. The monoisotopic (exact) mass is 201 g/mol. The molecule has 1 N–H and O–H groups in total. The molecule has 0 aliphatic rings. The van der Waals surface area contributed by atoms with Gasteiger partial charge in [0.15, 0.2) is 0 Å². The van der Waals surface area contributed by atoms with Crippen molar-refractivity contribution in [3.63, 3.8) is 0 Å². The smallest absolute Gasteiger partial charge is 0.00118 e. The van der Waals surface area contributed by atoms with E-state index in [-0.39, 0.29) is 0 Å². The van der Waals surface area contributed by atoms with E-state index >= 15 is 0 Å². The number of thioether (sulfide) groups is 1. The van der Waals surface area contributed by atoms with E-state index in [0.717, 1.165) is 13.0 Å². The molecule has 13 heavy (non-hydrogen) atoms. The Bertz CT molecular complexity index is 123. The number of nitrogens with one attached hydrogen (secondary N) is 1. The van der Waals surface area contributed by atoms with E-state index in [1.165, 1.54) is 37.1 Å². The summed E-state index contributed by atoms with van der Waals surface area (Å²) >= 11 is 1.94. The van der Waals surface area contributed by atoms with Crippen LogP contribution >= 0.6 is 11.8 Å². The molecule has 0 amide bonds. The minimum Gasteiger partial charge on any atom is -0.316 e. The third-order valence-electron chi connectivity index (χ3n) is 1.93. The van der Waals surface area contributed by atoms with Gasteiger partial charge in [0, 0.05) is 0 Å². The van der Waals surface area contributed by atoms with E-state index in [2.05, 4.69) is 25.1 Å². The summed E-state index contributed by atoms with van der Waals surface area (Å²) in [7, 11) is 0. The molecule has 0 aliphatic heterocycles. The van der Waals surface area contributed by atoms with Crippen LogP contribution in [0, 0.1) is 0 Å². The lowest BCUT2D eigenvalue weighted by Crippen LogP contribution is -2.16. The second-order valence-electron chi connectivity index (χ2n) is 3.51. The quantitative estimate of drug-likeness (QED) is 0.454. The van der Waals surface area contributed by atoms with Gasteiger partial charge in [-0.1, -0.05) is 12.0 Å². The van der Waals surface area contributed by atoms with Crippen molar-refractivity contribution in [2.24, 2.45) is 0 Å². The van der Waals surface area contributed by atoms with E-state index < -0.39 is 0 Å². The van der Waals surface area contributed by atoms with Crippen LogP contribution in [0.15, 0.2) is 12.2 Å². The van der Waals surface area contributed by atoms with E-state index in [4.69, 9.17) is 0 Å². The van der Waals surface area contributed by atoms with E-state index in [1.807, 2.05) is 11.8 Å². The van der Waals surface area contributed by atoms with Crippen molar-refractivity contribution in [2.45, 2.75) is 32.6 Å². The van der Waals surface area contributed by atoms with Gasteiger partial charge in [-0.3, -0.25) is 0 Å². The van der Waals surface area contributed by atoms with Crippen molar-refractivity contribution in [1.29, 1.82) is 0 Å². The standard InChI is InChI=1S/C11H23NS/c1-11(2)7-9-12-8-5-4-6-10-13-3/h12H,1,4-10H2,2-3H3. The number of hydrogen-bond acceptors (Lipinski definition) is 2. The number of unbranched alkanes of at least 4 members (excludes halogenated alkanes) is 2. The lowest BCUT2D eigenvalue weighted by molar-refractivity contribution is 0.618. The maximum absolute atomic E-state index is 3.87. The second-order valence-corrected chi connectivity index (χ2v) is 4.50. The maximum atomic E-state index is 3.87. The van der Waals surface area contributed by atoms with Crippen LogP contribution < -0.4 is 5.32 Å². The largest absolute Gasteiger partial charge is 0.316 e. The van der Waals surface area contributed by atoms with Crippen molar-refractivity contribution >= 4 is 11.8 Å². The molecule has 2 heteroatoms.